The van der Waals surface area contributed by atoms with E-state index in [1.807, 2.05) is 6.07 Å². The molecule has 0 aliphatic carbocycles. The molecule has 5 heteroatoms. The Balaban J connectivity index is 3.00. The smallest absolute Gasteiger partial charge is 0.338 e. The van der Waals surface area contributed by atoms with Crippen LogP contribution in [0.1, 0.15) is 21.5 Å². The monoisotopic (exact) mass is 318 g/mol. The zero-order valence-corrected chi connectivity index (χ0v) is 11.7. The Morgan fingerprint density at radius 2 is 2.12 bits per heavy atom. The molecule has 0 aromatic heterocycles. The van der Waals surface area contributed by atoms with Gasteiger partial charge in [0, 0.05) is 11.8 Å². The van der Waals surface area contributed by atoms with Gasteiger partial charge in [-0.1, -0.05) is 28.1 Å². The van der Waals surface area contributed by atoms with E-state index in [0.29, 0.717) is 10.9 Å². The third-order valence-electron chi connectivity index (χ3n) is 2.27. The van der Waals surface area contributed by atoms with Crippen LogP contribution in [0.25, 0.3) is 0 Å². The Morgan fingerprint density at radius 3 is 2.65 bits per heavy atom. The molecule has 92 valence electrons. The van der Waals surface area contributed by atoms with E-state index in [2.05, 4.69) is 20.7 Å². The van der Waals surface area contributed by atoms with Crippen molar-refractivity contribution in [3.63, 3.8) is 0 Å². The predicted octanol–water partition coefficient (Wildman–Crippen LogP) is 2.72. The fourth-order valence-electron chi connectivity index (χ4n) is 1.45. The van der Waals surface area contributed by atoms with Crippen molar-refractivity contribution in [3.8, 4) is 0 Å². The van der Waals surface area contributed by atoms with Crippen molar-refractivity contribution in [1.82, 2.24) is 0 Å². The van der Waals surface area contributed by atoms with Crippen molar-refractivity contribution in [2.45, 2.75) is 11.8 Å². The Hall–Kier alpha value is -0.870. The molecule has 0 radical (unpaired) electrons. The molecule has 1 aromatic carbocycles. The zero-order valence-electron chi connectivity index (χ0n) is 9.33. The van der Waals surface area contributed by atoms with Crippen LogP contribution in [0.2, 0.25) is 0 Å². The second kappa shape index (κ2) is 6.77. The van der Waals surface area contributed by atoms with Crippen molar-refractivity contribution >= 4 is 39.3 Å². The largest absolute Gasteiger partial charge is 0.465 e. The van der Waals surface area contributed by atoms with E-state index < -0.39 is 0 Å². The number of methoxy groups -OCH3 is 1. The summed E-state index contributed by atoms with van der Waals surface area (Å²) in [5.74, 6) is -0.421. The Bertz CT molecular complexity index is 432. The first-order chi connectivity index (χ1) is 8.12. The number of Topliss-reactive ketones (excluding diaryl/α,β-unsaturated/α-hetero) is 1. The summed E-state index contributed by atoms with van der Waals surface area (Å²) in [6.45, 7) is 0. The Kier molecular flexibility index (Phi) is 5.65. The van der Waals surface area contributed by atoms with Gasteiger partial charge in [0.1, 0.15) is 0 Å². The molecule has 1 aromatic rings. The van der Waals surface area contributed by atoms with Gasteiger partial charge in [0.25, 0.3) is 0 Å². The number of hydrogen-bond acceptors (Lipinski definition) is 3. The van der Waals surface area contributed by atoms with Crippen molar-refractivity contribution < 1.29 is 14.3 Å². The standard InChI is InChI=1S/C12H12BrClO3/c1-17-12(16)11-3-2-8(4-9(11)6-13)5-10(15)7-14/h2-4H,5-7H2,1H3. The minimum absolute atomic E-state index is 0.00238. The van der Waals surface area contributed by atoms with E-state index in [9.17, 15) is 9.59 Å². The topological polar surface area (TPSA) is 43.4 Å². The second-order valence-corrected chi connectivity index (χ2v) is 4.29. The Morgan fingerprint density at radius 1 is 1.41 bits per heavy atom. The summed E-state index contributed by atoms with van der Waals surface area (Å²) >= 11 is 8.75. The number of carbonyl (C=O) groups excluding carboxylic acids is 2. The van der Waals surface area contributed by atoms with Gasteiger partial charge in [0.15, 0.2) is 5.78 Å². The maximum Gasteiger partial charge on any atom is 0.338 e. The molecule has 0 saturated carbocycles. The van der Waals surface area contributed by atoms with E-state index in [1.54, 1.807) is 12.1 Å². The van der Waals surface area contributed by atoms with Crippen LogP contribution >= 0.6 is 27.5 Å². The van der Waals surface area contributed by atoms with Crippen LogP contribution in [-0.4, -0.2) is 24.7 Å². The highest BCUT2D eigenvalue weighted by Gasteiger charge is 2.12. The van der Waals surface area contributed by atoms with Crippen molar-refractivity contribution in [2.24, 2.45) is 0 Å². The van der Waals surface area contributed by atoms with Crippen LogP contribution < -0.4 is 0 Å². The van der Waals surface area contributed by atoms with Crippen LogP contribution in [0.4, 0.5) is 0 Å². The minimum Gasteiger partial charge on any atom is -0.465 e. The molecule has 0 aliphatic heterocycles. The average molecular weight is 320 g/mol. The van der Waals surface area contributed by atoms with Crippen LogP contribution in [-0.2, 0) is 21.3 Å². The molecule has 0 atom stereocenters. The van der Waals surface area contributed by atoms with Crippen LogP contribution in [0.5, 0.6) is 0 Å². The maximum absolute atomic E-state index is 11.5. The molecule has 0 amide bonds. The summed E-state index contributed by atoms with van der Waals surface area (Å²) in [4.78, 5) is 22.7. The van der Waals surface area contributed by atoms with E-state index in [0.717, 1.165) is 11.1 Å². The van der Waals surface area contributed by atoms with Gasteiger partial charge < -0.3 is 4.74 Å². The molecule has 0 bridgehead atoms. The van der Waals surface area contributed by atoms with E-state index in [4.69, 9.17) is 11.6 Å². The fourth-order valence-corrected chi connectivity index (χ4v) is 2.01. The van der Waals surface area contributed by atoms with Crippen molar-refractivity contribution in [3.05, 3.63) is 34.9 Å². The van der Waals surface area contributed by atoms with Crippen LogP contribution in [0.15, 0.2) is 18.2 Å². The summed E-state index contributed by atoms with van der Waals surface area (Å²) in [6, 6.07) is 5.22. The molecular weight excluding hydrogens is 307 g/mol. The molecule has 0 heterocycles. The van der Waals surface area contributed by atoms with Crippen molar-refractivity contribution in [2.75, 3.05) is 13.0 Å². The lowest BCUT2D eigenvalue weighted by atomic mass is 10.0. The van der Waals surface area contributed by atoms with E-state index in [-0.39, 0.29) is 24.1 Å². The van der Waals surface area contributed by atoms with Gasteiger partial charge in [0.05, 0.1) is 18.6 Å². The van der Waals surface area contributed by atoms with Crippen LogP contribution in [0.3, 0.4) is 0 Å². The summed E-state index contributed by atoms with van der Waals surface area (Å²) < 4.78 is 4.67. The van der Waals surface area contributed by atoms with E-state index in [1.165, 1.54) is 7.11 Å². The molecule has 0 fully saturated rings. The number of carbonyl (C=O) groups is 2. The molecule has 17 heavy (non-hydrogen) atoms. The van der Waals surface area contributed by atoms with Gasteiger partial charge in [-0.2, -0.15) is 0 Å². The number of alkyl halides is 2. The first-order valence-corrected chi connectivity index (χ1v) is 6.61. The molecule has 0 aliphatic rings. The normalized spacial score (nSPS) is 10.1. The average Bonchev–Trinajstić information content (AvgIpc) is 2.37. The number of rotatable bonds is 5. The number of ether oxygens (including phenoxy) is 1. The zero-order chi connectivity index (χ0) is 12.8. The lowest BCUT2D eigenvalue weighted by Gasteiger charge is -2.07. The lowest BCUT2D eigenvalue weighted by Crippen LogP contribution is -2.08. The number of hydrogen-bond donors (Lipinski definition) is 0. The van der Waals surface area contributed by atoms with Gasteiger partial charge in [-0.25, -0.2) is 4.79 Å². The SMILES string of the molecule is COC(=O)c1ccc(CC(=O)CCl)cc1CBr. The predicted molar refractivity (Wildman–Crippen MR) is 69.8 cm³/mol. The highest BCUT2D eigenvalue weighted by atomic mass is 79.9. The number of benzene rings is 1. The molecule has 3 nitrogen and oxygen atoms in total. The molecule has 1 rings (SSSR count). The summed E-state index contributed by atoms with van der Waals surface area (Å²) in [7, 11) is 1.34. The summed E-state index contributed by atoms with van der Waals surface area (Å²) in [5, 5.41) is 0.528. The van der Waals surface area contributed by atoms with Gasteiger partial charge in [-0.05, 0) is 17.2 Å². The summed E-state index contributed by atoms with van der Waals surface area (Å²) in [6.07, 6.45) is 0.283. The fraction of sp³-hybridized carbons (Fsp3) is 0.333. The van der Waals surface area contributed by atoms with Gasteiger partial charge in [-0.15, -0.1) is 11.6 Å². The first kappa shape index (κ1) is 14.2. The molecule has 0 saturated heterocycles. The molecule has 0 unspecified atom stereocenters. The third kappa shape index (κ3) is 3.82. The Labute approximate surface area is 113 Å². The first-order valence-electron chi connectivity index (χ1n) is 4.96. The quantitative estimate of drug-likeness (QED) is 0.619. The van der Waals surface area contributed by atoms with Crippen molar-refractivity contribution in [1.29, 1.82) is 0 Å². The molecule has 0 spiro atoms. The highest BCUT2D eigenvalue weighted by molar-refractivity contribution is 9.08. The molecule has 0 N–H and O–H groups in total. The van der Waals surface area contributed by atoms with Gasteiger partial charge in [-0.3, -0.25) is 4.79 Å². The number of esters is 1. The lowest BCUT2D eigenvalue weighted by molar-refractivity contribution is -0.116. The summed E-state index contributed by atoms with van der Waals surface area (Å²) in [5.41, 5.74) is 2.15. The van der Waals surface area contributed by atoms with Gasteiger partial charge in [0.2, 0.25) is 0 Å². The van der Waals surface area contributed by atoms with Gasteiger partial charge >= 0.3 is 5.97 Å². The maximum atomic E-state index is 11.5. The second-order valence-electron chi connectivity index (χ2n) is 3.47. The van der Waals surface area contributed by atoms with E-state index >= 15 is 0 Å². The molecular formula is C12H12BrClO3. The number of ketones is 1. The third-order valence-corrected chi connectivity index (χ3v) is 3.17. The minimum atomic E-state index is -0.380. The highest BCUT2D eigenvalue weighted by Crippen LogP contribution is 2.17. The van der Waals surface area contributed by atoms with Crippen LogP contribution in [0, 0.1) is 0 Å². The number of halogens is 2.